The van der Waals surface area contributed by atoms with Gasteiger partial charge in [-0.3, -0.25) is 0 Å². The van der Waals surface area contributed by atoms with Crippen LogP contribution in [0.1, 0.15) is 91.2 Å². The Hall–Kier alpha value is -1.69. The summed E-state index contributed by atoms with van der Waals surface area (Å²) in [6, 6.07) is 27.6. The topological polar surface area (TPSA) is 0 Å². The molecule has 0 bridgehead atoms. The van der Waals surface area contributed by atoms with Crippen molar-refractivity contribution in [2.45, 2.75) is 116 Å². The van der Waals surface area contributed by atoms with Crippen LogP contribution in [0.15, 0.2) is 96.1 Å². The molecule has 0 amide bonds. The molecule has 0 radical (unpaired) electrons. The fourth-order valence-electron chi connectivity index (χ4n) is 8.20. The summed E-state index contributed by atoms with van der Waals surface area (Å²) in [4.78, 5) is 0. The van der Waals surface area contributed by atoms with E-state index in [4.69, 9.17) is 0 Å². The van der Waals surface area contributed by atoms with Crippen LogP contribution in [0.5, 0.6) is 0 Å². The maximum absolute atomic E-state index is 2.45. The standard InChI is InChI=1S/C25H38Si2.2C9H11.Hf/c1-7-26(8-2,9-3)24-17-13-22(14-18-24)21-23-15-19-25(20-16-23)27(10-4,11-5)12-6;2*1-2-5-9-7-3-6-8(9)4-1;/h13-20H,7-12H2,1-6H3;2*1-2,4,6,9H,3,5,7H2;/q;2*-1;+2. The van der Waals surface area contributed by atoms with Crippen LogP contribution in [0.4, 0.5) is 0 Å². The zero-order chi connectivity index (χ0) is 33.0. The molecule has 4 aliphatic carbocycles. The van der Waals surface area contributed by atoms with Gasteiger partial charge in [0.2, 0.25) is 0 Å². The summed E-state index contributed by atoms with van der Waals surface area (Å²) in [5.41, 5.74) is 6.02. The van der Waals surface area contributed by atoms with Gasteiger partial charge in [0.1, 0.15) is 0 Å². The molecule has 0 aliphatic heterocycles. The molecule has 2 aromatic carbocycles. The van der Waals surface area contributed by atoms with E-state index in [1.807, 2.05) is 0 Å². The van der Waals surface area contributed by atoms with Gasteiger partial charge < -0.3 is 0 Å². The Morgan fingerprint density at radius 3 is 1.24 bits per heavy atom. The number of hydrogen-bond donors (Lipinski definition) is 0. The third kappa shape index (κ3) is 8.85. The summed E-state index contributed by atoms with van der Waals surface area (Å²) in [6.45, 7) is 14.4. The molecule has 46 heavy (non-hydrogen) atoms. The predicted octanol–water partition coefficient (Wildman–Crippen LogP) is 11.2. The first-order valence-corrected chi connectivity index (χ1v) is 25.6. The van der Waals surface area contributed by atoms with E-state index in [9.17, 15) is 0 Å². The van der Waals surface area contributed by atoms with E-state index in [0.717, 1.165) is 35.7 Å². The number of hydrogen-bond acceptors (Lipinski definition) is 0. The van der Waals surface area contributed by atoms with Crippen molar-refractivity contribution in [3.8, 4) is 0 Å². The molecule has 244 valence electrons. The summed E-state index contributed by atoms with van der Waals surface area (Å²) >= 11 is 1.08. The van der Waals surface area contributed by atoms with Gasteiger partial charge in [0, 0.05) is 0 Å². The number of benzene rings is 2. The van der Waals surface area contributed by atoms with Crippen molar-refractivity contribution in [3.05, 3.63) is 120 Å². The van der Waals surface area contributed by atoms with Gasteiger partial charge >= 0.3 is 191 Å². The van der Waals surface area contributed by atoms with Crippen molar-refractivity contribution in [2.24, 2.45) is 11.8 Å². The third-order valence-electron chi connectivity index (χ3n) is 12.1. The fourth-order valence-corrected chi connectivity index (χ4v) is 16.6. The zero-order valence-corrected chi connectivity index (χ0v) is 35.5. The summed E-state index contributed by atoms with van der Waals surface area (Å²) in [7, 11) is -2.53. The Bertz CT molecular complexity index is 1240. The van der Waals surface area contributed by atoms with E-state index in [1.165, 1.54) is 89.2 Å². The molecule has 2 aromatic rings. The van der Waals surface area contributed by atoms with Gasteiger partial charge in [0.15, 0.2) is 0 Å². The minimum atomic E-state index is -1.27. The number of fused-ring (bicyclic) bond motifs is 2. The van der Waals surface area contributed by atoms with Crippen LogP contribution in [0.2, 0.25) is 36.3 Å². The third-order valence-corrected chi connectivity index (χ3v) is 25.4. The van der Waals surface area contributed by atoms with E-state index >= 15 is 0 Å². The zero-order valence-electron chi connectivity index (χ0n) is 29.9. The molecule has 2 unspecified atom stereocenters. The maximum atomic E-state index is 2.45. The van der Waals surface area contributed by atoms with Gasteiger partial charge in [-0.25, -0.2) is 36.1 Å². The van der Waals surface area contributed by atoms with Crippen LogP contribution < -0.4 is 10.4 Å². The average molecular weight is 812 g/mol. The van der Waals surface area contributed by atoms with E-state index in [1.54, 1.807) is 21.5 Å². The molecule has 2 fully saturated rings. The van der Waals surface area contributed by atoms with Gasteiger partial charge in [-0.15, -0.1) is 37.1 Å². The van der Waals surface area contributed by atoms with Crippen molar-refractivity contribution < 1.29 is 23.9 Å². The average Bonchev–Trinajstić information content (AvgIpc) is 3.81. The molecule has 6 rings (SSSR count). The second-order valence-electron chi connectivity index (χ2n) is 13.8. The van der Waals surface area contributed by atoms with Gasteiger partial charge in [-0.2, -0.15) is 0 Å². The molecule has 2 atom stereocenters. The molecule has 0 aromatic heterocycles. The molecule has 0 nitrogen and oxygen atoms in total. The molecular formula is C43H60HfSi2. The van der Waals surface area contributed by atoms with E-state index in [0.29, 0.717) is 0 Å². The van der Waals surface area contributed by atoms with Gasteiger partial charge in [-0.05, 0) is 24.7 Å². The van der Waals surface area contributed by atoms with Crippen molar-refractivity contribution in [2.75, 3.05) is 0 Å². The van der Waals surface area contributed by atoms with Crippen molar-refractivity contribution in [1.29, 1.82) is 0 Å². The predicted molar refractivity (Wildman–Crippen MR) is 207 cm³/mol. The van der Waals surface area contributed by atoms with Crippen LogP contribution in [0.3, 0.4) is 0 Å². The van der Waals surface area contributed by atoms with Gasteiger partial charge in [0.05, 0.1) is 0 Å². The molecule has 2 saturated carbocycles. The first-order chi connectivity index (χ1) is 22.4. The summed E-state index contributed by atoms with van der Waals surface area (Å²) in [5, 5.41) is 3.30. The Labute approximate surface area is 300 Å². The molecule has 0 saturated heterocycles. The molecular weight excluding hydrogens is 751 g/mol. The summed E-state index contributed by atoms with van der Waals surface area (Å²) in [5.74, 6) is 1.77. The molecule has 4 aliphatic rings. The van der Waals surface area contributed by atoms with Crippen LogP contribution in [0.25, 0.3) is 0 Å². The number of allylic oxidation sites excluding steroid dienone is 8. The van der Waals surface area contributed by atoms with Crippen LogP contribution >= 0.6 is 0 Å². The molecule has 0 heterocycles. The number of rotatable bonds is 10. The fraction of sp³-hybridized carbons (Fsp3) is 0.465. The van der Waals surface area contributed by atoms with E-state index in [2.05, 4.69) is 139 Å². The Kier molecular flexibility index (Phi) is 14.7. The second-order valence-corrected chi connectivity index (χ2v) is 26.1. The second kappa shape index (κ2) is 18.2. The monoisotopic (exact) mass is 812 g/mol. The SMILES string of the molecule is C1=CCC2CC[CH-]C2=C1.C1=CCC2CC[CH-]C2=C1.CC[Si](CC)(CC)c1ccc([C](=[Hf+2])c2ccc([Si](CC)(CC)CC)cc2)cc1. The van der Waals surface area contributed by atoms with Crippen LogP contribution in [-0.2, 0) is 23.9 Å². The van der Waals surface area contributed by atoms with Crippen molar-refractivity contribution >= 4 is 29.8 Å². The summed E-state index contributed by atoms with van der Waals surface area (Å²) in [6.07, 6.45) is 26.1. The first-order valence-electron chi connectivity index (χ1n) is 18.6. The Morgan fingerprint density at radius 1 is 0.587 bits per heavy atom. The molecule has 0 spiro atoms. The first kappa shape index (κ1) is 37.1. The van der Waals surface area contributed by atoms with E-state index in [-0.39, 0.29) is 0 Å². The molecule has 0 N–H and O–H groups in total. The van der Waals surface area contributed by atoms with E-state index < -0.39 is 16.1 Å². The van der Waals surface area contributed by atoms with Crippen LogP contribution in [-0.4, -0.2) is 19.4 Å². The molecule has 3 heteroatoms. The minimum absolute atomic E-state index is 0.884. The quantitative estimate of drug-likeness (QED) is 0.166. The van der Waals surface area contributed by atoms with Crippen molar-refractivity contribution in [1.82, 2.24) is 0 Å². The Morgan fingerprint density at radius 2 is 0.935 bits per heavy atom. The van der Waals surface area contributed by atoms with Crippen molar-refractivity contribution in [3.63, 3.8) is 0 Å². The van der Waals surface area contributed by atoms with Gasteiger partial charge in [-0.1, -0.05) is 12.8 Å². The Balaban J connectivity index is 0.000000211. The van der Waals surface area contributed by atoms with Crippen LogP contribution in [0, 0.1) is 24.7 Å². The van der Waals surface area contributed by atoms with Gasteiger partial charge in [0.25, 0.3) is 0 Å². The summed E-state index contributed by atoms with van der Waals surface area (Å²) < 4.78 is 1.53. The normalized spacial score (nSPS) is 19.7.